The van der Waals surface area contributed by atoms with Gasteiger partial charge < -0.3 is 4.57 Å². The standard InChI is InChI=1S/C11H7Cl3N2O/c12-8-9(13)16(11(15-8)10(14)17)6-7-4-2-1-3-5-7/h1-5H,6H2. The minimum atomic E-state index is -0.685. The van der Waals surface area contributed by atoms with Crippen LogP contribution >= 0.6 is 34.8 Å². The first-order valence-electron chi connectivity index (χ1n) is 4.75. The fraction of sp³-hybridized carbons (Fsp3) is 0.0909. The van der Waals surface area contributed by atoms with Crippen LogP contribution in [0.3, 0.4) is 0 Å². The lowest BCUT2D eigenvalue weighted by molar-refractivity contribution is 0.106. The van der Waals surface area contributed by atoms with Gasteiger partial charge in [-0.3, -0.25) is 4.79 Å². The normalized spacial score (nSPS) is 10.5. The Morgan fingerprint density at radius 1 is 1.24 bits per heavy atom. The van der Waals surface area contributed by atoms with Crippen LogP contribution in [-0.4, -0.2) is 14.8 Å². The second-order valence-corrected chi connectivity index (χ2v) is 4.42. The zero-order valence-electron chi connectivity index (χ0n) is 8.53. The molecule has 17 heavy (non-hydrogen) atoms. The Morgan fingerprint density at radius 2 is 1.88 bits per heavy atom. The van der Waals surface area contributed by atoms with Crippen LogP contribution < -0.4 is 0 Å². The molecule has 1 heterocycles. The van der Waals surface area contributed by atoms with Crippen LogP contribution in [0.25, 0.3) is 0 Å². The molecule has 6 heteroatoms. The maximum Gasteiger partial charge on any atom is 0.288 e. The minimum Gasteiger partial charge on any atom is -0.306 e. The molecule has 1 aromatic heterocycles. The topological polar surface area (TPSA) is 34.9 Å². The Labute approximate surface area is 113 Å². The Hall–Kier alpha value is -1.03. The van der Waals surface area contributed by atoms with Crippen molar-refractivity contribution in [2.75, 3.05) is 0 Å². The number of carbonyl (C=O) groups excluding carboxylic acids is 1. The number of carbonyl (C=O) groups is 1. The highest BCUT2D eigenvalue weighted by atomic mass is 35.5. The smallest absolute Gasteiger partial charge is 0.288 e. The van der Waals surface area contributed by atoms with Crippen molar-refractivity contribution in [1.82, 2.24) is 9.55 Å². The summed E-state index contributed by atoms with van der Waals surface area (Å²) in [6, 6.07) is 9.51. The van der Waals surface area contributed by atoms with Gasteiger partial charge in [0.05, 0.1) is 6.54 Å². The van der Waals surface area contributed by atoms with Gasteiger partial charge in [0.15, 0.2) is 11.0 Å². The number of hydrogen-bond donors (Lipinski definition) is 0. The van der Waals surface area contributed by atoms with E-state index in [1.807, 2.05) is 30.3 Å². The molecule has 0 saturated carbocycles. The van der Waals surface area contributed by atoms with Crippen LogP contribution in [0.4, 0.5) is 0 Å². The van der Waals surface area contributed by atoms with Crippen LogP contribution in [-0.2, 0) is 6.54 Å². The van der Waals surface area contributed by atoms with Crippen LogP contribution in [0.15, 0.2) is 30.3 Å². The van der Waals surface area contributed by atoms with Gasteiger partial charge in [-0.15, -0.1) is 0 Å². The second kappa shape index (κ2) is 5.08. The Balaban J connectivity index is 2.41. The van der Waals surface area contributed by atoms with Gasteiger partial charge in [0.2, 0.25) is 0 Å². The molecule has 0 fully saturated rings. The molecular formula is C11H7Cl3N2O. The van der Waals surface area contributed by atoms with E-state index in [-0.39, 0.29) is 16.1 Å². The lowest BCUT2D eigenvalue weighted by Gasteiger charge is -2.06. The fourth-order valence-electron chi connectivity index (χ4n) is 1.46. The van der Waals surface area contributed by atoms with Gasteiger partial charge in [-0.25, -0.2) is 4.98 Å². The summed E-state index contributed by atoms with van der Waals surface area (Å²) in [5.41, 5.74) is 0.975. The van der Waals surface area contributed by atoms with E-state index in [4.69, 9.17) is 34.8 Å². The van der Waals surface area contributed by atoms with Crippen LogP contribution in [0.2, 0.25) is 10.3 Å². The summed E-state index contributed by atoms with van der Waals surface area (Å²) in [6.07, 6.45) is 0. The summed E-state index contributed by atoms with van der Waals surface area (Å²) in [7, 11) is 0. The molecule has 0 radical (unpaired) electrons. The van der Waals surface area contributed by atoms with Crippen molar-refractivity contribution < 1.29 is 4.79 Å². The summed E-state index contributed by atoms with van der Waals surface area (Å²) in [5, 5.41) is -0.402. The molecule has 0 amide bonds. The van der Waals surface area contributed by atoms with E-state index >= 15 is 0 Å². The van der Waals surface area contributed by atoms with Gasteiger partial charge in [-0.05, 0) is 17.2 Å². The van der Waals surface area contributed by atoms with E-state index in [1.165, 1.54) is 4.57 Å². The highest BCUT2D eigenvalue weighted by Gasteiger charge is 2.18. The van der Waals surface area contributed by atoms with Crippen LogP contribution in [0.1, 0.15) is 16.2 Å². The first kappa shape index (κ1) is 12.4. The molecule has 3 nitrogen and oxygen atoms in total. The van der Waals surface area contributed by atoms with E-state index in [9.17, 15) is 4.79 Å². The average Bonchev–Trinajstić information content (AvgIpc) is 2.59. The third kappa shape index (κ3) is 2.63. The monoisotopic (exact) mass is 288 g/mol. The summed E-state index contributed by atoms with van der Waals surface area (Å²) < 4.78 is 1.48. The van der Waals surface area contributed by atoms with Crippen molar-refractivity contribution >= 4 is 40.0 Å². The van der Waals surface area contributed by atoms with Crippen molar-refractivity contribution in [3.05, 3.63) is 52.0 Å². The molecule has 0 bridgehead atoms. The van der Waals surface area contributed by atoms with E-state index < -0.39 is 5.24 Å². The molecule has 0 spiro atoms. The number of imidazole rings is 1. The highest BCUT2D eigenvalue weighted by molar-refractivity contribution is 6.67. The predicted octanol–water partition coefficient (Wildman–Crippen LogP) is 3.62. The lowest BCUT2D eigenvalue weighted by atomic mass is 10.2. The number of halogens is 3. The van der Waals surface area contributed by atoms with E-state index in [0.29, 0.717) is 6.54 Å². The number of hydrogen-bond acceptors (Lipinski definition) is 2. The molecule has 1 aromatic carbocycles. The summed E-state index contributed by atoms with van der Waals surface area (Å²) in [4.78, 5) is 15.0. The van der Waals surface area contributed by atoms with Crippen molar-refractivity contribution in [2.45, 2.75) is 6.54 Å². The Kier molecular flexibility index (Phi) is 3.72. The van der Waals surface area contributed by atoms with Crippen molar-refractivity contribution in [3.8, 4) is 0 Å². The SMILES string of the molecule is O=C(Cl)c1nc(Cl)c(Cl)n1Cc1ccccc1. The molecular weight excluding hydrogens is 282 g/mol. The summed E-state index contributed by atoms with van der Waals surface area (Å²) >= 11 is 17.2. The van der Waals surface area contributed by atoms with Gasteiger partial charge in [0.1, 0.15) is 5.15 Å². The Morgan fingerprint density at radius 3 is 2.47 bits per heavy atom. The van der Waals surface area contributed by atoms with E-state index in [2.05, 4.69) is 4.98 Å². The second-order valence-electron chi connectivity index (χ2n) is 3.36. The number of benzene rings is 1. The number of rotatable bonds is 3. The molecule has 2 aromatic rings. The van der Waals surface area contributed by atoms with Gasteiger partial charge >= 0.3 is 0 Å². The van der Waals surface area contributed by atoms with Crippen molar-refractivity contribution in [2.24, 2.45) is 0 Å². The zero-order valence-corrected chi connectivity index (χ0v) is 10.8. The van der Waals surface area contributed by atoms with Crippen molar-refractivity contribution in [3.63, 3.8) is 0 Å². The molecule has 0 aliphatic rings. The molecule has 0 saturated heterocycles. The highest BCUT2D eigenvalue weighted by Crippen LogP contribution is 2.24. The van der Waals surface area contributed by atoms with Crippen molar-refractivity contribution in [1.29, 1.82) is 0 Å². The third-order valence-corrected chi connectivity index (χ3v) is 3.14. The average molecular weight is 290 g/mol. The third-order valence-electron chi connectivity index (χ3n) is 2.23. The van der Waals surface area contributed by atoms with Gasteiger partial charge in [0.25, 0.3) is 5.24 Å². The fourth-order valence-corrected chi connectivity index (χ4v) is 1.97. The predicted molar refractivity (Wildman–Crippen MR) is 68.0 cm³/mol. The largest absolute Gasteiger partial charge is 0.306 e. The number of aromatic nitrogens is 2. The molecule has 0 aliphatic heterocycles. The minimum absolute atomic E-state index is 0.0468. The van der Waals surface area contributed by atoms with Crippen LogP contribution in [0.5, 0.6) is 0 Å². The maximum absolute atomic E-state index is 11.2. The maximum atomic E-state index is 11.2. The molecule has 0 aliphatic carbocycles. The first-order valence-corrected chi connectivity index (χ1v) is 5.88. The van der Waals surface area contributed by atoms with Crippen LogP contribution in [0, 0.1) is 0 Å². The summed E-state index contributed by atoms with van der Waals surface area (Å²) in [6.45, 7) is 0.396. The Bertz CT molecular complexity index is 551. The molecule has 0 N–H and O–H groups in total. The first-order chi connectivity index (χ1) is 8.09. The molecule has 0 unspecified atom stereocenters. The molecule has 2 rings (SSSR count). The number of nitrogens with zero attached hydrogens (tertiary/aromatic N) is 2. The van der Waals surface area contributed by atoms with E-state index in [1.54, 1.807) is 0 Å². The quantitative estimate of drug-likeness (QED) is 0.809. The van der Waals surface area contributed by atoms with E-state index in [0.717, 1.165) is 5.56 Å². The van der Waals surface area contributed by atoms with Gasteiger partial charge in [0, 0.05) is 0 Å². The van der Waals surface area contributed by atoms with Gasteiger partial charge in [-0.2, -0.15) is 0 Å². The molecule has 0 atom stereocenters. The molecule has 88 valence electrons. The zero-order chi connectivity index (χ0) is 12.4. The van der Waals surface area contributed by atoms with Gasteiger partial charge in [-0.1, -0.05) is 53.5 Å². The lowest BCUT2D eigenvalue weighted by Crippen LogP contribution is -2.07. The summed E-state index contributed by atoms with van der Waals surface area (Å²) in [5.74, 6) is 0.0468.